The number of carbonyl (C=O) groups excluding carboxylic acids is 2. The molecule has 1 N–H and O–H groups in total. The molecule has 0 aliphatic carbocycles. The van der Waals surface area contributed by atoms with E-state index in [1.165, 1.54) is 23.3 Å². The van der Waals surface area contributed by atoms with Crippen LogP contribution in [0.4, 0.5) is 5.69 Å². The predicted molar refractivity (Wildman–Crippen MR) is 125 cm³/mol. The van der Waals surface area contributed by atoms with Crippen molar-refractivity contribution in [2.75, 3.05) is 31.5 Å². The van der Waals surface area contributed by atoms with Crippen molar-refractivity contribution in [1.82, 2.24) is 9.80 Å². The molecule has 0 bridgehead atoms. The van der Waals surface area contributed by atoms with Gasteiger partial charge >= 0.3 is 0 Å². The second-order valence-corrected chi connectivity index (χ2v) is 8.25. The summed E-state index contributed by atoms with van der Waals surface area (Å²) in [5.41, 5.74) is 2.72. The number of ketones is 1. The molecule has 0 aromatic heterocycles. The summed E-state index contributed by atoms with van der Waals surface area (Å²) < 4.78 is 0. The molecule has 160 valence electrons. The highest BCUT2D eigenvalue weighted by Gasteiger charge is 2.25. The second kappa shape index (κ2) is 9.41. The molecule has 4 rings (SSSR count). The van der Waals surface area contributed by atoms with E-state index in [9.17, 15) is 9.59 Å². The molecule has 3 aromatic rings. The molecular weight excluding hydrogens is 386 g/mol. The Labute approximate surface area is 183 Å². The molecule has 1 atom stereocenters. The SMILES string of the molecule is CC(=O)c1ccc(NC(=O)[C@H](C)N2CCN(Cc3cccc4ccccc34)CC2)cc1. The predicted octanol–water partition coefficient (Wildman–Crippen LogP) is 4.19. The molecule has 3 aromatic carbocycles. The lowest BCUT2D eigenvalue weighted by molar-refractivity contribution is -0.121. The fourth-order valence-corrected chi connectivity index (χ4v) is 4.18. The Kier molecular flexibility index (Phi) is 6.44. The van der Waals surface area contributed by atoms with Crippen LogP contribution in [0.2, 0.25) is 0 Å². The van der Waals surface area contributed by atoms with E-state index in [-0.39, 0.29) is 17.7 Å². The van der Waals surface area contributed by atoms with Gasteiger partial charge in [-0.3, -0.25) is 19.4 Å². The van der Waals surface area contributed by atoms with Gasteiger partial charge in [0.2, 0.25) is 5.91 Å². The Bertz CT molecular complexity index is 1060. The first-order valence-electron chi connectivity index (χ1n) is 10.9. The molecule has 1 heterocycles. The van der Waals surface area contributed by atoms with E-state index in [0.717, 1.165) is 38.4 Å². The molecule has 1 saturated heterocycles. The number of fused-ring (bicyclic) bond motifs is 1. The molecule has 0 saturated carbocycles. The van der Waals surface area contributed by atoms with Gasteiger partial charge in [-0.2, -0.15) is 0 Å². The van der Waals surface area contributed by atoms with E-state index in [4.69, 9.17) is 0 Å². The van der Waals surface area contributed by atoms with E-state index >= 15 is 0 Å². The summed E-state index contributed by atoms with van der Waals surface area (Å²) in [5.74, 6) is 0.00527. The van der Waals surface area contributed by atoms with E-state index in [1.54, 1.807) is 24.3 Å². The minimum Gasteiger partial charge on any atom is -0.325 e. The van der Waals surface area contributed by atoms with Crippen LogP contribution in [0.15, 0.2) is 66.7 Å². The van der Waals surface area contributed by atoms with Crippen LogP contribution in [0.1, 0.15) is 29.8 Å². The zero-order valence-electron chi connectivity index (χ0n) is 18.2. The van der Waals surface area contributed by atoms with Crippen LogP contribution >= 0.6 is 0 Å². The Morgan fingerprint density at radius 1 is 0.903 bits per heavy atom. The second-order valence-electron chi connectivity index (χ2n) is 8.25. The van der Waals surface area contributed by atoms with Gasteiger partial charge < -0.3 is 5.32 Å². The van der Waals surface area contributed by atoms with Gasteiger partial charge in [0, 0.05) is 44.0 Å². The zero-order valence-corrected chi connectivity index (χ0v) is 18.2. The highest BCUT2D eigenvalue weighted by atomic mass is 16.2. The van der Waals surface area contributed by atoms with Crippen molar-refractivity contribution in [3.05, 3.63) is 77.9 Å². The van der Waals surface area contributed by atoms with Crippen LogP contribution in [-0.4, -0.2) is 53.7 Å². The normalized spacial score (nSPS) is 16.2. The third-order valence-electron chi connectivity index (χ3n) is 6.17. The lowest BCUT2D eigenvalue weighted by Gasteiger charge is -2.37. The van der Waals surface area contributed by atoms with Crippen molar-refractivity contribution in [3.63, 3.8) is 0 Å². The van der Waals surface area contributed by atoms with Crippen LogP contribution in [0.3, 0.4) is 0 Å². The monoisotopic (exact) mass is 415 g/mol. The van der Waals surface area contributed by atoms with Crippen molar-refractivity contribution in [2.45, 2.75) is 26.4 Å². The molecule has 31 heavy (non-hydrogen) atoms. The number of rotatable bonds is 6. The summed E-state index contributed by atoms with van der Waals surface area (Å²) >= 11 is 0. The number of nitrogens with one attached hydrogen (secondary N) is 1. The molecule has 5 nitrogen and oxygen atoms in total. The number of hydrogen-bond acceptors (Lipinski definition) is 4. The van der Waals surface area contributed by atoms with Crippen LogP contribution < -0.4 is 5.32 Å². The Morgan fingerprint density at radius 3 is 2.29 bits per heavy atom. The molecular formula is C26H29N3O2. The molecule has 1 amide bonds. The first-order valence-corrected chi connectivity index (χ1v) is 10.9. The smallest absolute Gasteiger partial charge is 0.241 e. The highest BCUT2D eigenvalue weighted by molar-refractivity contribution is 5.97. The average molecular weight is 416 g/mol. The van der Waals surface area contributed by atoms with Gasteiger partial charge in [0.15, 0.2) is 5.78 Å². The molecule has 0 unspecified atom stereocenters. The van der Waals surface area contributed by atoms with Gasteiger partial charge in [-0.1, -0.05) is 42.5 Å². The summed E-state index contributed by atoms with van der Waals surface area (Å²) in [7, 11) is 0. The topological polar surface area (TPSA) is 52.7 Å². The lowest BCUT2D eigenvalue weighted by atomic mass is 10.0. The summed E-state index contributed by atoms with van der Waals surface area (Å²) in [6.07, 6.45) is 0. The molecule has 5 heteroatoms. The maximum atomic E-state index is 12.7. The molecule has 1 aliphatic heterocycles. The van der Waals surface area contributed by atoms with Gasteiger partial charge in [-0.25, -0.2) is 0 Å². The largest absolute Gasteiger partial charge is 0.325 e. The number of piperazine rings is 1. The Hall–Kier alpha value is -3.02. The number of anilines is 1. The average Bonchev–Trinajstić information content (AvgIpc) is 2.80. The van der Waals surface area contributed by atoms with Crippen molar-refractivity contribution in [3.8, 4) is 0 Å². The van der Waals surface area contributed by atoms with Gasteiger partial charge in [0.05, 0.1) is 6.04 Å². The minimum atomic E-state index is -0.202. The maximum Gasteiger partial charge on any atom is 0.241 e. The summed E-state index contributed by atoms with van der Waals surface area (Å²) in [6.45, 7) is 8.03. The standard InChI is InChI=1S/C26H29N3O2/c1-19(26(31)27-24-12-10-21(11-13-24)20(2)30)29-16-14-28(15-17-29)18-23-8-5-7-22-6-3-4-9-25(22)23/h3-13,19H,14-18H2,1-2H3,(H,27,31)/t19-/m0/s1. The zero-order chi connectivity index (χ0) is 21.8. The van der Waals surface area contributed by atoms with Crippen LogP contribution in [-0.2, 0) is 11.3 Å². The number of Topliss-reactive ketones (excluding diaryl/α,β-unsaturated/α-hetero) is 1. The number of benzene rings is 3. The lowest BCUT2D eigenvalue weighted by Crippen LogP contribution is -2.52. The quantitative estimate of drug-likeness (QED) is 0.614. The minimum absolute atomic E-state index is 0.0157. The number of nitrogens with zero attached hydrogens (tertiary/aromatic N) is 2. The van der Waals surface area contributed by atoms with Gasteiger partial charge in [0.1, 0.15) is 0 Å². The first kappa shape index (κ1) is 21.2. The Morgan fingerprint density at radius 2 is 1.58 bits per heavy atom. The van der Waals surface area contributed by atoms with E-state index in [0.29, 0.717) is 5.56 Å². The maximum absolute atomic E-state index is 12.7. The fourth-order valence-electron chi connectivity index (χ4n) is 4.18. The van der Waals surface area contributed by atoms with E-state index in [2.05, 4.69) is 57.6 Å². The highest BCUT2D eigenvalue weighted by Crippen LogP contribution is 2.21. The number of hydrogen-bond donors (Lipinski definition) is 1. The van der Waals surface area contributed by atoms with Crippen molar-refractivity contribution < 1.29 is 9.59 Å². The number of amides is 1. The van der Waals surface area contributed by atoms with Crippen molar-refractivity contribution in [2.24, 2.45) is 0 Å². The summed E-state index contributed by atoms with van der Waals surface area (Å²) in [4.78, 5) is 28.8. The molecule has 0 radical (unpaired) electrons. The number of carbonyl (C=O) groups is 2. The third-order valence-corrected chi connectivity index (χ3v) is 6.17. The van der Waals surface area contributed by atoms with Gasteiger partial charge in [-0.05, 0) is 54.4 Å². The van der Waals surface area contributed by atoms with Crippen LogP contribution in [0.25, 0.3) is 10.8 Å². The fraction of sp³-hybridized carbons (Fsp3) is 0.308. The van der Waals surface area contributed by atoms with Crippen molar-refractivity contribution >= 4 is 28.2 Å². The van der Waals surface area contributed by atoms with Crippen LogP contribution in [0, 0.1) is 0 Å². The van der Waals surface area contributed by atoms with Gasteiger partial charge in [0.25, 0.3) is 0 Å². The van der Waals surface area contributed by atoms with Gasteiger partial charge in [-0.15, -0.1) is 0 Å². The first-order chi connectivity index (χ1) is 15.0. The summed E-state index contributed by atoms with van der Waals surface area (Å²) in [6, 6.07) is 21.9. The van der Waals surface area contributed by atoms with Crippen molar-refractivity contribution in [1.29, 1.82) is 0 Å². The Balaban J connectivity index is 1.31. The molecule has 1 fully saturated rings. The van der Waals surface area contributed by atoms with E-state index in [1.807, 2.05) is 6.92 Å². The summed E-state index contributed by atoms with van der Waals surface area (Å²) in [5, 5.41) is 5.56. The molecule has 0 spiro atoms. The third kappa shape index (κ3) is 5.01. The van der Waals surface area contributed by atoms with E-state index < -0.39 is 0 Å². The van der Waals surface area contributed by atoms with Crippen LogP contribution in [0.5, 0.6) is 0 Å². The molecule has 1 aliphatic rings.